The van der Waals surface area contributed by atoms with Crippen molar-refractivity contribution in [1.29, 1.82) is 0 Å². The Hall–Kier alpha value is -2.77. The lowest BCUT2D eigenvalue weighted by molar-refractivity contribution is -0.139. The molecule has 0 spiro atoms. The third kappa shape index (κ3) is 3.82. The maximum absolute atomic E-state index is 13.4. The molecule has 1 aliphatic rings. The van der Waals surface area contributed by atoms with Gasteiger partial charge in [-0.2, -0.15) is 0 Å². The Morgan fingerprint density at radius 1 is 1.23 bits per heavy atom. The number of aromatic nitrogens is 1. The van der Waals surface area contributed by atoms with Gasteiger partial charge in [-0.25, -0.2) is 9.79 Å². The maximum atomic E-state index is 13.4. The summed E-state index contributed by atoms with van der Waals surface area (Å²) in [5, 5.41) is 0. The summed E-state index contributed by atoms with van der Waals surface area (Å²) in [6, 6.07) is 16.7. The summed E-state index contributed by atoms with van der Waals surface area (Å²) in [6.07, 6.45) is 1.85. The van der Waals surface area contributed by atoms with E-state index in [-0.39, 0.29) is 12.2 Å². The van der Waals surface area contributed by atoms with Gasteiger partial charge < -0.3 is 4.74 Å². The average Bonchev–Trinajstić information content (AvgIpc) is 3.02. The zero-order valence-corrected chi connectivity index (χ0v) is 18.9. The van der Waals surface area contributed by atoms with Gasteiger partial charge in [-0.1, -0.05) is 69.7 Å². The Morgan fingerprint density at radius 3 is 2.70 bits per heavy atom. The highest BCUT2D eigenvalue weighted by atomic mass is 79.9. The van der Waals surface area contributed by atoms with Crippen LogP contribution in [0.4, 0.5) is 0 Å². The van der Waals surface area contributed by atoms with Gasteiger partial charge in [0.05, 0.1) is 28.5 Å². The van der Waals surface area contributed by atoms with Gasteiger partial charge in [0.1, 0.15) is 0 Å². The monoisotopic (exact) mass is 482 g/mol. The molecule has 1 aliphatic heterocycles. The van der Waals surface area contributed by atoms with E-state index in [9.17, 15) is 9.59 Å². The van der Waals surface area contributed by atoms with Crippen LogP contribution in [0.25, 0.3) is 6.08 Å². The molecule has 0 amide bonds. The summed E-state index contributed by atoms with van der Waals surface area (Å²) in [5.41, 5.74) is 2.53. The number of nitrogens with zero attached hydrogens (tertiary/aromatic N) is 2. The van der Waals surface area contributed by atoms with Crippen molar-refractivity contribution in [3.05, 3.63) is 101 Å². The molecule has 1 aromatic heterocycles. The van der Waals surface area contributed by atoms with Crippen molar-refractivity contribution in [2.45, 2.75) is 19.9 Å². The van der Waals surface area contributed by atoms with E-state index in [0.29, 0.717) is 20.6 Å². The number of hydrogen-bond donors (Lipinski definition) is 0. The van der Waals surface area contributed by atoms with E-state index in [4.69, 9.17) is 4.74 Å². The molecule has 5 nitrogen and oxygen atoms in total. The number of hydrogen-bond acceptors (Lipinski definition) is 5. The van der Waals surface area contributed by atoms with Crippen LogP contribution in [0, 0.1) is 0 Å². The number of rotatable bonds is 4. The van der Waals surface area contributed by atoms with Gasteiger partial charge in [-0.3, -0.25) is 9.36 Å². The largest absolute Gasteiger partial charge is 0.463 e. The molecule has 0 N–H and O–H groups in total. The highest BCUT2D eigenvalue weighted by Gasteiger charge is 2.33. The molecule has 7 heteroatoms. The van der Waals surface area contributed by atoms with Crippen molar-refractivity contribution >= 4 is 39.3 Å². The second-order valence-corrected chi connectivity index (χ2v) is 8.69. The minimum absolute atomic E-state index is 0.179. The fourth-order valence-electron chi connectivity index (χ4n) is 3.49. The predicted octanol–water partition coefficient (Wildman–Crippen LogP) is 3.56. The molecule has 0 bridgehead atoms. The topological polar surface area (TPSA) is 60.7 Å². The fourth-order valence-corrected chi connectivity index (χ4v) is 4.95. The Kier molecular flexibility index (Phi) is 5.83. The molecule has 0 radical (unpaired) electrons. The summed E-state index contributed by atoms with van der Waals surface area (Å²) in [5.74, 6) is -0.450. The molecule has 4 rings (SSSR count). The predicted molar refractivity (Wildman–Crippen MR) is 121 cm³/mol. The molecule has 152 valence electrons. The number of halogens is 1. The molecule has 30 heavy (non-hydrogen) atoms. The summed E-state index contributed by atoms with van der Waals surface area (Å²) < 4.78 is 8.39. The SMILES string of the molecule is CCOC(=O)C1=C(C)N=c2sc(=Cc3cccc(Br)c3)c(=O)n2C1c1ccccc1. The van der Waals surface area contributed by atoms with Crippen molar-refractivity contribution in [2.75, 3.05) is 6.61 Å². The Labute approximate surface area is 185 Å². The van der Waals surface area contributed by atoms with Crippen LogP contribution in [-0.2, 0) is 9.53 Å². The third-order valence-electron chi connectivity index (χ3n) is 4.78. The van der Waals surface area contributed by atoms with Gasteiger partial charge in [0, 0.05) is 4.47 Å². The van der Waals surface area contributed by atoms with Gasteiger partial charge in [0.15, 0.2) is 4.80 Å². The first-order chi connectivity index (χ1) is 14.5. The van der Waals surface area contributed by atoms with Crippen LogP contribution in [0.5, 0.6) is 0 Å². The van der Waals surface area contributed by atoms with Crippen molar-refractivity contribution in [1.82, 2.24) is 4.57 Å². The number of esters is 1. The van der Waals surface area contributed by atoms with E-state index >= 15 is 0 Å². The van der Waals surface area contributed by atoms with Crippen molar-refractivity contribution < 1.29 is 9.53 Å². The van der Waals surface area contributed by atoms with E-state index < -0.39 is 12.0 Å². The highest BCUT2D eigenvalue weighted by Crippen LogP contribution is 2.30. The molecule has 2 heterocycles. The molecule has 0 saturated heterocycles. The second-order valence-electron chi connectivity index (χ2n) is 6.77. The van der Waals surface area contributed by atoms with Crippen LogP contribution in [0.15, 0.2) is 80.1 Å². The minimum atomic E-state index is -0.578. The maximum Gasteiger partial charge on any atom is 0.338 e. The number of carbonyl (C=O) groups is 1. The van der Waals surface area contributed by atoms with E-state index in [1.165, 1.54) is 11.3 Å². The van der Waals surface area contributed by atoms with Crippen LogP contribution < -0.4 is 14.9 Å². The van der Waals surface area contributed by atoms with E-state index in [1.54, 1.807) is 18.4 Å². The zero-order chi connectivity index (χ0) is 21.3. The molecular formula is C23H19BrN2O3S. The van der Waals surface area contributed by atoms with Gasteiger partial charge in [-0.15, -0.1) is 0 Å². The first-order valence-electron chi connectivity index (χ1n) is 9.49. The lowest BCUT2D eigenvalue weighted by atomic mass is 9.96. The Balaban J connectivity index is 1.96. The van der Waals surface area contributed by atoms with Crippen LogP contribution in [0.1, 0.15) is 31.0 Å². The molecule has 1 unspecified atom stereocenters. The molecule has 2 aromatic carbocycles. The summed E-state index contributed by atoms with van der Waals surface area (Å²) >= 11 is 4.78. The quantitative estimate of drug-likeness (QED) is 0.534. The van der Waals surface area contributed by atoms with E-state index in [2.05, 4.69) is 20.9 Å². The van der Waals surface area contributed by atoms with Crippen LogP contribution in [-0.4, -0.2) is 17.1 Å². The lowest BCUT2D eigenvalue weighted by Gasteiger charge is -2.24. The van der Waals surface area contributed by atoms with Crippen LogP contribution in [0.2, 0.25) is 0 Å². The Bertz CT molecular complexity index is 1320. The first-order valence-corrected chi connectivity index (χ1v) is 11.1. The first kappa shape index (κ1) is 20.5. The highest BCUT2D eigenvalue weighted by molar-refractivity contribution is 9.10. The van der Waals surface area contributed by atoms with Crippen LogP contribution >= 0.6 is 27.3 Å². The molecule has 1 atom stereocenters. The Morgan fingerprint density at radius 2 is 2.00 bits per heavy atom. The minimum Gasteiger partial charge on any atom is -0.463 e. The van der Waals surface area contributed by atoms with E-state index in [1.807, 2.05) is 60.7 Å². The van der Waals surface area contributed by atoms with E-state index in [0.717, 1.165) is 15.6 Å². The smallest absolute Gasteiger partial charge is 0.338 e. The number of fused-ring (bicyclic) bond motifs is 1. The summed E-state index contributed by atoms with van der Waals surface area (Å²) in [4.78, 5) is 31.3. The lowest BCUT2D eigenvalue weighted by Crippen LogP contribution is -2.39. The number of thiazole rings is 1. The summed E-state index contributed by atoms with van der Waals surface area (Å²) in [7, 11) is 0. The third-order valence-corrected chi connectivity index (χ3v) is 6.25. The second kappa shape index (κ2) is 8.53. The molecule has 0 fully saturated rings. The normalized spacial score (nSPS) is 16.2. The van der Waals surface area contributed by atoms with Gasteiger partial charge >= 0.3 is 5.97 Å². The number of carbonyl (C=O) groups excluding carboxylic acids is 1. The molecule has 0 saturated carbocycles. The number of ether oxygens (including phenoxy) is 1. The van der Waals surface area contributed by atoms with Crippen LogP contribution in [0.3, 0.4) is 0 Å². The van der Waals surface area contributed by atoms with Gasteiger partial charge in [-0.05, 0) is 43.2 Å². The number of benzene rings is 2. The number of allylic oxidation sites excluding steroid dienone is 1. The molecular weight excluding hydrogens is 464 g/mol. The summed E-state index contributed by atoms with van der Waals surface area (Å²) in [6.45, 7) is 3.80. The fraction of sp³-hybridized carbons (Fsp3) is 0.174. The van der Waals surface area contributed by atoms with Crippen molar-refractivity contribution in [2.24, 2.45) is 4.99 Å². The molecule has 3 aromatic rings. The van der Waals surface area contributed by atoms with Gasteiger partial charge in [0.2, 0.25) is 0 Å². The van der Waals surface area contributed by atoms with Gasteiger partial charge in [0.25, 0.3) is 5.56 Å². The standard InChI is InChI=1S/C23H19BrN2O3S/c1-3-29-22(28)19-14(2)25-23-26(20(19)16-9-5-4-6-10-16)21(27)18(30-23)13-15-8-7-11-17(24)12-15/h4-13,20H,3H2,1-2H3. The zero-order valence-electron chi connectivity index (χ0n) is 16.5. The van der Waals surface area contributed by atoms with Crippen molar-refractivity contribution in [3.63, 3.8) is 0 Å². The average molecular weight is 483 g/mol. The molecule has 0 aliphatic carbocycles. The van der Waals surface area contributed by atoms with Crippen molar-refractivity contribution in [3.8, 4) is 0 Å².